The third kappa shape index (κ3) is 3.28. The van der Waals surface area contributed by atoms with Gasteiger partial charge in [-0.05, 0) is 36.6 Å². The zero-order valence-corrected chi connectivity index (χ0v) is 11.8. The van der Waals surface area contributed by atoms with Crippen LogP contribution in [0.5, 0.6) is 0 Å². The van der Waals surface area contributed by atoms with E-state index in [0.717, 1.165) is 25.2 Å². The number of nitrogen functional groups attached to an aromatic ring is 1. The Bertz CT molecular complexity index is 520. The molecular formula is C17H22N2. The maximum absolute atomic E-state index is 6.02. The van der Waals surface area contributed by atoms with Crippen LogP contribution in [0.25, 0.3) is 0 Å². The van der Waals surface area contributed by atoms with Crippen LogP contribution in [0.15, 0.2) is 48.5 Å². The molecule has 0 spiro atoms. The summed E-state index contributed by atoms with van der Waals surface area (Å²) in [6.45, 7) is 6.27. The van der Waals surface area contributed by atoms with Crippen molar-refractivity contribution in [1.82, 2.24) is 0 Å². The van der Waals surface area contributed by atoms with Gasteiger partial charge >= 0.3 is 0 Å². The minimum Gasteiger partial charge on any atom is -0.398 e. The zero-order valence-electron chi connectivity index (χ0n) is 11.8. The van der Waals surface area contributed by atoms with E-state index in [1.54, 1.807) is 0 Å². The minimum absolute atomic E-state index is 0.867. The lowest BCUT2D eigenvalue weighted by molar-refractivity contribution is 0.765. The summed E-state index contributed by atoms with van der Waals surface area (Å²) in [5.41, 5.74) is 10.6. The van der Waals surface area contributed by atoms with Gasteiger partial charge in [0.1, 0.15) is 0 Å². The van der Waals surface area contributed by atoms with Crippen molar-refractivity contribution < 1.29 is 0 Å². The van der Waals surface area contributed by atoms with E-state index >= 15 is 0 Å². The number of anilines is 2. The SMILES string of the molecule is CCCN(Cc1ccccc1)c1cccc(N)c1C. The van der Waals surface area contributed by atoms with E-state index in [-0.39, 0.29) is 0 Å². The van der Waals surface area contributed by atoms with Gasteiger partial charge in [0.15, 0.2) is 0 Å². The summed E-state index contributed by atoms with van der Waals surface area (Å²) in [4.78, 5) is 2.40. The standard InChI is InChI=1S/C17H22N2/c1-3-12-19(13-15-8-5-4-6-9-15)17-11-7-10-16(18)14(17)2/h4-11H,3,12-13,18H2,1-2H3. The second-order valence-corrected chi connectivity index (χ2v) is 4.90. The van der Waals surface area contributed by atoms with Gasteiger partial charge in [0.2, 0.25) is 0 Å². The third-order valence-electron chi connectivity index (χ3n) is 3.40. The van der Waals surface area contributed by atoms with Crippen LogP contribution in [0.3, 0.4) is 0 Å². The number of hydrogen-bond donors (Lipinski definition) is 1. The zero-order chi connectivity index (χ0) is 13.7. The van der Waals surface area contributed by atoms with Gasteiger partial charge in [0.05, 0.1) is 0 Å². The van der Waals surface area contributed by atoms with Crippen molar-refractivity contribution in [2.45, 2.75) is 26.8 Å². The first-order valence-corrected chi connectivity index (χ1v) is 6.86. The van der Waals surface area contributed by atoms with Gasteiger partial charge in [-0.1, -0.05) is 43.3 Å². The molecule has 0 aromatic heterocycles. The van der Waals surface area contributed by atoms with Crippen LogP contribution in [0.2, 0.25) is 0 Å². The average Bonchev–Trinajstić information content (AvgIpc) is 2.43. The minimum atomic E-state index is 0.867. The molecule has 0 aliphatic carbocycles. The summed E-state index contributed by atoms with van der Waals surface area (Å²) < 4.78 is 0. The molecule has 0 saturated carbocycles. The molecule has 2 nitrogen and oxygen atoms in total. The first-order valence-electron chi connectivity index (χ1n) is 6.86. The van der Waals surface area contributed by atoms with E-state index in [4.69, 9.17) is 5.73 Å². The fraction of sp³-hybridized carbons (Fsp3) is 0.294. The molecule has 2 heteroatoms. The lowest BCUT2D eigenvalue weighted by atomic mass is 10.1. The van der Waals surface area contributed by atoms with E-state index in [0.29, 0.717) is 0 Å². The first kappa shape index (κ1) is 13.5. The Balaban J connectivity index is 2.27. The summed E-state index contributed by atoms with van der Waals surface area (Å²) in [5.74, 6) is 0. The van der Waals surface area contributed by atoms with E-state index in [2.05, 4.69) is 55.1 Å². The highest BCUT2D eigenvalue weighted by molar-refractivity contribution is 5.64. The van der Waals surface area contributed by atoms with Crippen LogP contribution in [0.1, 0.15) is 24.5 Å². The van der Waals surface area contributed by atoms with Gasteiger partial charge in [-0.25, -0.2) is 0 Å². The van der Waals surface area contributed by atoms with E-state index in [1.807, 2.05) is 12.1 Å². The van der Waals surface area contributed by atoms with Gasteiger partial charge in [-0.2, -0.15) is 0 Å². The molecule has 0 amide bonds. The monoisotopic (exact) mass is 254 g/mol. The molecule has 0 radical (unpaired) electrons. The first-order chi connectivity index (χ1) is 9.22. The Labute approximate surface area is 115 Å². The number of nitrogens with zero attached hydrogens (tertiary/aromatic N) is 1. The maximum Gasteiger partial charge on any atom is 0.0429 e. The lowest BCUT2D eigenvalue weighted by Gasteiger charge is -2.26. The molecule has 0 heterocycles. The van der Waals surface area contributed by atoms with Gasteiger partial charge in [0, 0.05) is 24.5 Å². The third-order valence-corrected chi connectivity index (χ3v) is 3.40. The van der Waals surface area contributed by atoms with Crippen molar-refractivity contribution in [3.63, 3.8) is 0 Å². The van der Waals surface area contributed by atoms with Gasteiger partial charge < -0.3 is 10.6 Å². The smallest absolute Gasteiger partial charge is 0.0429 e. The summed E-state index contributed by atoms with van der Waals surface area (Å²) in [6, 6.07) is 16.7. The fourth-order valence-electron chi connectivity index (χ4n) is 2.34. The van der Waals surface area contributed by atoms with Crippen LogP contribution in [-0.4, -0.2) is 6.54 Å². The lowest BCUT2D eigenvalue weighted by Crippen LogP contribution is -2.24. The summed E-state index contributed by atoms with van der Waals surface area (Å²) in [6.07, 6.45) is 1.13. The second kappa shape index (κ2) is 6.28. The molecule has 2 aromatic carbocycles. The van der Waals surface area contributed by atoms with E-state index < -0.39 is 0 Å². The molecule has 100 valence electrons. The van der Waals surface area contributed by atoms with Crippen LogP contribution < -0.4 is 10.6 Å². The van der Waals surface area contributed by atoms with Crippen LogP contribution in [0, 0.1) is 6.92 Å². The van der Waals surface area contributed by atoms with Crippen molar-refractivity contribution >= 4 is 11.4 Å². The molecule has 2 aromatic rings. The predicted molar refractivity (Wildman–Crippen MR) is 83.4 cm³/mol. The molecule has 2 rings (SSSR count). The largest absolute Gasteiger partial charge is 0.398 e. The molecule has 0 fully saturated rings. The molecule has 0 bridgehead atoms. The average molecular weight is 254 g/mol. The second-order valence-electron chi connectivity index (χ2n) is 4.90. The van der Waals surface area contributed by atoms with E-state index in [1.165, 1.54) is 16.8 Å². The molecule has 0 atom stereocenters. The van der Waals surface area contributed by atoms with Crippen LogP contribution in [-0.2, 0) is 6.54 Å². The quantitative estimate of drug-likeness (QED) is 0.817. The predicted octanol–water partition coefficient (Wildman–Crippen LogP) is 3.99. The number of benzene rings is 2. The number of nitrogens with two attached hydrogens (primary N) is 1. The topological polar surface area (TPSA) is 29.3 Å². The Hall–Kier alpha value is -1.96. The molecule has 0 unspecified atom stereocenters. The normalized spacial score (nSPS) is 10.4. The summed E-state index contributed by atoms with van der Waals surface area (Å²) in [5, 5.41) is 0. The van der Waals surface area contributed by atoms with Crippen molar-refractivity contribution in [1.29, 1.82) is 0 Å². The van der Waals surface area contributed by atoms with Gasteiger partial charge in [0.25, 0.3) is 0 Å². The fourth-order valence-corrected chi connectivity index (χ4v) is 2.34. The molecule has 2 N–H and O–H groups in total. The molecule has 0 aliphatic rings. The summed E-state index contributed by atoms with van der Waals surface area (Å²) >= 11 is 0. The molecule has 0 aliphatic heterocycles. The Kier molecular flexibility index (Phi) is 4.45. The van der Waals surface area contributed by atoms with Crippen molar-refractivity contribution in [3.8, 4) is 0 Å². The van der Waals surface area contributed by atoms with Crippen molar-refractivity contribution in [2.75, 3.05) is 17.2 Å². The van der Waals surface area contributed by atoms with E-state index in [9.17, 15) is 0 Å². The molecule has 0 saturated heterocycles. The molecule has 19 heavy (non-hydrogen) atoms. The van der Waals surface area contributed by atoms with Crippen molar-refractivity contribution in [2.24, 2.45) is 0 Å². The van der Waals surface area contributed by atoms with Crippen molar-refractivity contribution in [3.05, 3.63) is 59.7 Å². The van der Waals surface area contributed by atoms with Gasteiger partial charge in [-0.15, -0.1) is 0 Å². The summed E-state index contributed by atoms with van der Waals surface area (Å²) in [7, 11) is 0. The van der Waals surface area contributed by atoms with Crippen LogP contribution in [0.4, 0.5) is 11.4 Å². The highest BCUT2D eigenvalue weighted by atomic mass is 15.1. The number of hydrogen-bond acceptors (Lipinski definition) is 2. The van der Waals surface area contributed by atoms with Gasteiger partial charge in [-0.3, -0.25) is 0 Å². The molecular weight excluding hydrogens is 232 g/mol. The Morgan fingerprint density at radius 3 is 2.42 bits per heavy atom. The highest BCUT2D eigenvalue weighted by Gasteiger charge is 2.10. The number of rotatable bonds is 5. The highest BCUT2D eigenvalue weighted by Crippen LogP contribution is 2.26. The van der Waals surface area contributed by atoms with Crippen LogP contribution >= 0.6 is 0 Å². The Morgan fingerprint density at radius 2 is 1.74 bits per heavy atom. The Morgan fingerprint density at radius 1 is 1.00 bits per heavy atom. The maximum atomic E-state index is 6.02.